The summed E-state index contributed by atoms with van der Waals surface area (Å²) >= 11 is 0. The van der Waals surface area contributed by atoms with E-state index < -0.39 is 34.7 Å². The number of carbonyl (C=O) groups is 2. The molecule has 0 aromatic carbocycles. The smallest absolute Gasteiger partial charge is 0.319 e. The Labute approximate surface area is 193 Å². The molecule has 0 spiro atoms. The molecule has 3 fully saturated rings. The third-order valence-corrected chi connectivity index (χ3v) is 7.44. The van der Waals surface area contributed by atoms with E-state index in [1.165, 1.54) is 0 Å². The number of hydrogen-bond donors (Lipinski definition) is 3. The van der Waals surface area contributed by atoms with Gasteiger partial charge < -0.3 is 25.2 Å². The Hall–Kier alpha value is -1.62. The molecule has 0 amide bonds. The molecular weight excluding hydrogens is 408 g/mol. The molecule has 0 aliphatic carbocycles. The van der Waals surface area contributed by atoms with E-state index in [2.05, 4.69) is 30.5 Å². The quantitative estimate of drug-likeness (QED) is 0.257. The summed E-state index contributed by atoms with van der Waals surface area (Å²) in [6.45, 7) is 14.1. The van der Waals surface area contributed by atoms with Crippen LogP contribution in [-0.2, 0) is 19.1 Å². The van der Waals surface area contributed by atoms with E-state index in [-0.39, 0.29) is 30.1 Å². The highest BCUT2D eigenvalue weighted by Gasteiger charge is 2.51. The van der Waals surface area contributed by atoms with Gasteiger partial charge in [-0.1, -0.05) is 27.2 Å². The summed E-state index contributed by atoms with van der Waals surface area (Å²) in [6, 6.07) is 1.66. The molecule has 3 saturated heterocycles. The molecule has 3 aliphatic rings. The first-order valence-electron chi connectivity index (χ1n) is 11.9. The number of Topliss-reactive ketones (excluding diaryl/α,β-unsaturated/α-hetero) is 1. The zero-order chi connectivity index (χ0) is 24.3. The number of terminal acetylenes is 1. The molecule has 7 nitrogen and oxygen atoms in total. The van der Waals surface area contributed by atoms with Crippen molar-refractivity contribution in [3.8, 4) is 12.5 Å². The molecule has 7 heteroatoms. The van der Waals surface area contributed by atoms with E-state index in [1.54, 1.807) is 13.8 Å². The Kier molecular flexibility index (Phi) is 8.41. The van der Waals surface area contributed by atoms with Crippen molar-refractivity contribution in [2.24, 2.45) is 17.3 Å². The molecule has 3 heterocycles. The van der Waals surface area contributed by atoms with E-state index in [0.29, 0.717) is 26.0 Å². The van der Waals surface area contributed by atoms with Gasteiger partial charge in [0.05, 0.1) is 11.6 Å². The van der Waals surface area contributed by atoms with Crippen molar-refractivity contribution in [1.82, 2.24) is 10.6 Å². The third-order valence-electron chi connectivity index (χ3n) is 7.44. The first-order valence-corrected chi connectivity index (χ1v) is 11.9. The number of nitrogens with one attached hydrogen (secondary N) is 2. The number of ketones is 1. The first kappa shape index (κ1) is 26.6. The number of carbonyl (C=O) groups excluding carboxylic acids is 2. The second-order valence-electron chi connectivity index (χ2n) is 10.7. The zero-order valence-electron chi connectivity index (χ0n) is 20.8. The summed E-state index contributed by atoms with van der Waals surface area (Å²) in [7, 11) is 0. The van der Waals surface area contributed by atoms with Gasteiger partial charge in [0.1, 0.15) is 17.1 Å². The van der Waals surface area contributed by atoms with Gasteiger partial charge in [0.25, 0.3) is 0 Å². The monoisotopic (exact) mass is 450 g/mol. The number of aliphatic hydroxyl groups is 1. The van der Waals surface area contributed by atoms with Crippen LogP contribution in [0.3, 0.4) is 0 Å². The fraction of sp³-hybridized carbons (Fsp3) is 0.840. The molecule has 8 atom stereocenters. The van der Waals surface area contributed by atoms with Crippen LogP contribution in [0.4, 0.5) is 0 Å². The highest BCUT2D eigenvalue weighted by molar-refractivity contribution is 6.04. The predicted molar refractivity (Wildman–Crippen MR) is 124 cm³/mol. The van der Waals surface area contributed by atoms with Gasteiger partial charge in [-0.05, 0) is 65.8 Å². The van der Waals surface area contributed by atoms with Crippen molar-refractivity contribution >= 4 is 11.8 Å². The van der Waals surface area contributed by atoms with Crippen LogP contribution in [0, 0.1) is 29.7 Å². The summed E-state index contributed by atoms with van der Waals surface area (Å²) in [5.74, 6) is -0.827. The summed E-state index contributed by atoms with van der Waals surface area (Å²) in [4.78, 5) is 26.8. The van der Waals surface area contributed by atoms with Crippen molar-refractivity contribution in [1.29, 1.82) is 0 Å². The molecule has 2 bridgehead atoms. The highest BCUT2D eigenvalue weighted by atomic mass is 16.6. The molecule has 182 valence electrons. The van der Waals surface area contributed by atoms with Crippen molar-refractivity contribution < 1.29 is 24.2 Å². The molecule has 0 aromatic heterocycles. The van der Waals surface area contributed by atoms with Crippen molar-refractivity contribution in [3.05, 3.63) is 0 Å². The third kappa shape index (κ3) is 5.47. The molecule has 2 unspecified atom stereocenters. The molecule has 3 aliphatic heterocycles. The minimum Gasteiger partial charge on any atom is -0.458 e. The van der Waals surface area contributed by atoms with Crippen LogP contribution in [0.5, 0.6) is 0 Å². The number of hydrogen-bond acceptors (Lipinski definition) is 7. The molecule has 0 radical (unpaired) electrons. The first-order chi connectivity index (χ1) is 14.8. The Morgan fingerprint density at radius 1 is 1.22 bits per heavy atom. The van der Waals surface area contributed by atoms with Crippen LogP contribution in [0.2, 0.25) is 0 Å². The van der Waals surface area contributed by atoms with Crippen molar-refractivity contribution in [3.63, 3.8) is 0 Å². The second kappa shape index (κ2) is 10.1. The van der Waals surface area contributed by atoms with Gasteiger partial charge >= 0.3 is 5.97 Å². The van der Waals surface area contributed by atoms with Crippen molar-refractivity contribution in [2.45, 2.75) is 104 Å². The second-order valence-corrected chi connectivity index (χ2v) is 10.7. The molecule has 3 N–H and O–H groups in total. The summed E-state index contributed by atoms with van der Waals surface area (Å²) in [5, 5.41) is 17.9. The van der Waals surface area contributed by atoms with Crippen LogP contribution in [0.1, 0.15) is 74.1 Å². The summed E-state index contributed by atoms with van der Waals surface area (Å²) in [5.41, 5.74) is -3.25. The van der Waals surface area contributed by atoms with Crippen LogP contribution >= 0.6 is 0 Å². The van der Waals surface area contributed by atoms with E-state index in [0.717, 1.165) is 6.42 Å². The maximum atomic E-state index is 13.5. The number of ether oxygens (including phenoxy) is 2. The average molecular weight is 451 g/mol. The molecular formula is C25H42N2O5. The largest absolute Gasteiger partial charge is 0.458 e. The minimum atomic E-state index is -1.46. The SMILES string of the molecule is C#CNC1C(C)NC[C@H](C)C[C@@]2(C)C[C@@H](C)C(=O)[C@](C)(CCO2)C(=O)O[C@H](CC)[C@@]1(C)O. The summed E-state index contributed by atoms with van der Waals surface area (Å²) < 4.78 is 12.1. The standard InChI is InChI=1S/C25H42N2O5/c1-9-19-25(8,30)20(26-10-2)18(5)27-15-16(3)13-23(6)14-17(4)21(28)24(7,11-12-31-23)22(29)32-19/h2,16-20,26-27,30H,9,11-15H2,1,3-8H3/t16-,17-,18?,19-,20?,23+,24+,25-/m1/s1. The van der Waals surface area contributed by atoms with Gasteiger partial charge in [0, 0.05) is 24.6 Å². The Morgan fingerprint density at radius 3 is 2.47 bits per heavy atom. The normalized spacial score (nSPS) is 44.5. The van der Waals surface area contributed by atoms with Gasteiger partial charge in [0.2, 0.25) is 0 Å². The van der Waals surface area contributed by atoms with Gasteiger partial charge in [-0.15, -0.1) is 0 Å². The highest BCUT2D eigenvalue weighted by Crippen LogP contribution is 2.39. The fourth-order valence-electron chi connectivity index (χ4n) is 5.57. The lowest BCUT2D eigenvalue weighted by Crippen LogP contribution is -2.63. The number of rotatable bonds is 2. The molecule has 0 saturated carbocycles. The van der Waals surface area contributed by atoms with Crippen LogP contribution < -0.4 is 10.6 Å². The van der Waals surface area contributed by atoms with Gasteiger partial charge in [-0.25, -0.2) is 0 Å². The van der Waals surface area contributed by atoms with E-state index >= 15 is 0 Å². The van der Waals surface area contributed by atoms with Crippen LogP contribution in [0.15, 0.2) is 0 Å². The fourth-order valence-corrected chi connectivity index (χ4v) is 5.57. The number of fused-ring (bicyclic) bond motifs is 13. The van der Waals surface area contributed by atoms with E-state index in [4.69, 9.17) is 15.9 Å². The van der Waals surface area contributed by atoms with Gasteiger partial charge in [0.15, 0.2) is 5.78 Å². The minimum absolute atomic E-state index is 0.126. The molecule has 32 heavy (non-hydrogen) atoms. The average Bonchev–Trinajstić information content (AvgIpc) is 2.71. The zero-order valence-corrected chi connectivity index (χ0v) is 20.8. The predicted octanol–water partition coefficient (Wildman–Crippen LogP) is 2.41. The Balaban J connectivity index is 2.53. The number of esters is 1. The maximum Gasteiger partial charge on any atom is 0.319 e. The van der Waals surface area contributed by atoms with Crippen molar-refractivity contribution in [2.75, 3.05) is 13.2 Å². The lowest BCUT2D eigenvalue weighted by atomic mass is 9.72. The van der Waals surface area contributed by atoms with E-state index in [1.807, 2.05) is 20.8 Å². The molecule has 3 rings (SSSR count). The summed E-state index contributed by atoms with van der Waals surface area (Å²) in [6.07, 6.45) is 6.64. The lowest BCUT2D eigenvalue weighted by Gasteiger charge is -2.42. The van der Waals surface area contributed by atoms with Crippen LogP contribution in [-0.4, -0.2) is 59.4 Å². The molecule has 0 aromatic rings. The van der Waals surface area contributed by atoms with E-state index in [9.17, 15) is 14.7 Å². The Bertz CT molecular complexity index is 732. The topological polar surface area (TPSA) is 96.9 Å². The van der Waals surface area contributed by atoms with Gasteiger partial charge in [-0.2, -0.15) is 0 Å². The Morgan fingerprint density at radius 2 is 1.88 bits per heavy atom. The lowest BCUT2D eigenvalue weighted by molar-refractivity contribution is -0.185. The van der Waals surface area contributed by atoms with Gasteiger partial charge in [-0.3, -0.25) is 9.59 Å². The van der Waals surface area contributed by atoms with Crippen LogP contribution in [0.25, 0.3) is 0 Å². The maximum absolute atomic E-state index is 13.5.